The lowest BCUT2D eigenvalue weighted by Gasteiger charge is -2.00. The highest BCUT2D eigenvalue weighted by Crippen LogP contribution is 2.00. The molecule has 0 heterocycles. The largest absolute Gasteiger partial charge is 0.461 e. The second kappa shape index (κ2) is 6.46. The van der Waals surface area contributed by atoms with Gasteiger partial charge in [-0.25, -0.2) is 0 Å². The highest BCUT2D eigenvalue weighted by molar-refractivity contribution is 5.66. The van der Waals surface area contributed by atoms with Gasteiger partial charge in [-0.1, -0.05) is 17.7 Å². The van der Waals surface area contributed by atoms with Crippen LogP contribution in [0.3, 0.4) is 0 Å². The van der Waals surface area contributed by atoms with Crippen LogP contribution in [0.5, 0.6) is 0 Å². The van der Waals surface area contributed by atoms with E-state index in [2.05, 4.69) is 26.0 Å². The monoisotopic (exact) mass is 182 g/mol. The lowest BCUT2D eigenvalue weighted by Crippen LogP contribution is -2.01. The molecule has 0 rings (SSSR count). The number of carbonyl (C=O) groups excluding carboxylic acids is 1. The lowest BCUT2D eigenvalue weighted by molar-refractivity contribution is -0.139. The predicted molar refractivity (Wildman–Crippen MR) is 54.4 cm³/mol. The van der Waals surface area contributed by atoms with E-state index in [0.717, 1.165) is 12.0 Å². The van der Waals surface area contributed by atoms with E-state index >= 15 is 0 Å². The van der Waals surface area contributed by atoms with Crippen LogP contribution < -0.4 is 0 Å². The molecule has 0 aliphatic carbocycles. The van der Waals surface area contributed by atoms with E-state index in [4.69, 9.17) is 4.74 Å². The zero-order chi connectivity index (χ0) is 10.3. The molecule has 0 fully saturated rings. The van der Waals surface area contributed by atoms with E-state index in [1.807, 2.05) is 6.92 Å². The third-order valence-corrected chi connectivity index (χ3v) is 1.50. The Morgan fingerprint density at radius 3 is 2.23 bits per heavy atom. The molecule has 0 amide bonds. The average molecular weight is 182 g/mol. The number of ether oxygens (including phenoxy) is 1. The smallest absolute Gasteiger partial charge is 0.302 e. The third kappa shape index (κ3) is 8.86. The minimum Gasteiger partial charge on any atom is -0.461 e. The molecule has 74 valence electrons. The third-order valence-electron chi connectivity index (χ3n) is 1.50. The lowest BCUT2D eigenvalue weighted by atomic mass is 10.2. The first kappa shape index (κ1) is 11.9. The van der Waals surface area contributed by atoms with Crippen LogP contribution in [0.1, 0.15) is 34.1 Å². The molecule has 0 N–H and O–H groups in total. The molecule has 0 radical (unpaired) electrons. The first-order valence-corrected chi connectivity index (χ1v) is 4.44. The fourth-order valence-electron chi connectivity index (χ4n) is 0.770. The van der Waals surface area contributed by atoms with Crippen molar-refractivity contribution in [1.82, 2.24) is 0 Å². The molecule has 0 bridgehead atoms. The van der Waals surface area contributed by atoms with Crippen LogP contribution in [0, 0.1) is 0 Å². The summed E-state index contributed by atoms with van der Waals surface area (Å²) in [6.45, 7) is 7.92. The van der Waals surface area contributed by atoms with Gasteiger partial charge in [0.1, 0.15) is 6.61 Å². The van der Waals surface area contributed by atoms with Gasteiger partial charge in [0.25, 0.3) is 0 Å². The van der Waals surface area contributed by atoms with Crippen molar-refractivity contribution in [3.8, 4) is 0 Å². The van der Waals surface area contributed by atoms with Crippen molar-refractivity contribution in [2.24, 2.45) is 0 Å². The van der Waals surface area contributed by atoms with Gasteiger partial charge in [0.05, 0.1) is 0 Å². The first-order valence-electron chi connectivity index (χ1n) is 4.44. The molecule has 0 aliphatic rings. The number of rotatable bonds is 4. The maximum Gasteiger partial charge on any atom is 0.302 e. The average Bonchev–Trinajstić information content (AvgIpc) is 2.00. The molecule has 2 heteroatoms. The number of allylic oxidation sites excluding steroid dienone is 3. The van der Waals surface area contributed by atoms with Gasteiger partial charge in [0.2, 0.25) is 0 Å². The quantitative estimate of drug-likeness (QED) is 0.493. The van der Waals surface area contributed by atoms with Crippen LogP contribution in [-0.4, -0.2) is 12.6 Å². The van der Waals surface area contributed by atoms with Gasteiger partial charge in [-0.05, 0) is 32.8 Å². The summed E-state index contributed by atoms with van der Waals surface area (Å²) >= 11 is 0. The van der Waals surface area contributed by atoms with Crippen molar-refractivity contribution in [3.63, 3.8) is 0 Å². The minimum absolute atomic E-state index is 0.227. The second-order valence-corrected chi connectivity index (χ2v) is 3.35. The maximum absolute atomic E-state index is 10.5. The van der Waals surface area contributed by atoms with Gasteiger partial charge in [-0.2, -0.15) is 0 Å². The summed E-state index contributed by atoms with van der Waals surface area (Å²) in [6, 6.07) is 0. The Morgan fingerprint density at radius 2 is 1.77 bits per heavy atom. The van der Waals surface area contributed by atoms with Gasteiger partial charge in [-0.3, -0.25) is 4.79 Å². The molecule has 13 heavy (non-hydrogen) atoms. The van der Waals surface area contributed by atoms with Crippen LogP contribution in [0.15, 0.2) is 23.3 Å². The van der Waals surface area contributed by atoms with E-state index in [-0.39, 0.29) is 5.97 Å². The molecule has 0 spiro atoms. The van der Waals surface area contributed by atoms with Crippen molar-refractivity contribution in [1.29, 1.82) is 0 Å². The standard InChI is InChI=1S/C11H18O2/c1-9(2)6-5-7-10(3)8-13-11(4)12/h6-7H,5,8H2,1-4H3. The number of hydrogen-bond acceptors (Lipinski definition) is 2. The van der Waals surface area contributed by atoms with Crippen molar-refractivity contribution in [2.75, 3.05) is 6.61 Å². The molecular formula is C11H18O2. The zero-order valence-electron chi connectivity index (χ0n) is 8.89. The Hall–Kier alpha value is -1.05. The highest BCUT2D eigenvalue weighted by Gasteiger charge is 1.92. The van der Waals surface area contributed by atoms with Gasteiger partial charge >= 0.3 is 5.97 Å². The number of hydrogen-bond donors (Lipinski definition) is 0. The van der Waals surface area contributed by atoms with Gasteiger partial charge in [0, 0.05) is 6.92 Å². The molecule has 0 atom stereocenters. The van der Waals surface area contributed by atoms with E-state index < -0.39 is 0 Å². The first-order chi connectivity index (χ1) is 6.02. The molecule has 0 aromatic heterocycles. The summed E-state index contributed by atoms with van der Waals surface area (Å²) < 4.78 is 4.83. The Kier molecular flexibility index (Phi) is 5.94. The van der Waals surface area contributed by atoms with Crippen LogP contribution >= 0.6 is 0 Å². The topological polar surface area (TPSA) is 26.3 Å². The summed E-state index contributed by atoms with van der Waals surface area (Å²) in [7, 11) is 0. The fourth-order valence-corrected chi connectivity index (χ4v) is 0.770. The molecule has 0 aliphatic heterocycles. The molecule has 0 aromatic carbocycles. The highest BCUT2D eigenvalue weighted by atomic mass is 16.5. The summed E-state index contributed by atoms with van der Waals surface area (Å²) in [4.78, 5) is 10.5. The zero-order valence-corrected chi connectivity index (χ0v) is 8.89. The molecule has 0 aromatic rings. The predicted octanol–water partition coefficient (Wildman–Crippen LogP) is 2.85. The van der Waals surface area contributed by atoms with Gasteiger partial charge < -0.3 is 4.74 Å². The fraction of sp³-hybridized carbons (Fsp3) is 0.545. The van der Waals surface area contributed by atoms with Crippen LogP contribution in [-0.2, 0) is 9.53 Å². The number of esters is 1. The van der Waals surface area contributed by atoms with E-state index in [9.17, 15) is 4.79 Å². The van der Waals surface area contributed by atoms with E-state index in [1.54, 1.807) is 0 Å². The Balaban J connectivity index is 3.76. The van der Waals surface area contributed by atoms with Crippen molar-refractivity contribution in [3.05, 3.63) is 23.3 Å². The summed E-state index contributed by atoms with van der Waals surface area (Å²) in [5.74, 6) is -0.227. The summed E-state index contributed by atoms with van der Waals surface area (Å²) in [6.07, 6.45) is 5.11. The molecule has 0 saturated heterocycles. The minimum atomic E-state index is -0.227. The summed E-state index contributed by atoms with van der Waals surface area (Å²) in [5.41, 5.74) is 2.39. The molecule has 0 saturated carbocycles. The van der Waals surface area contributed by atoms with Crippen LogP contribution in [0.25, 0.3) is 0 Å². The van der Waals surface area contributed by atoms with Crippen LogP contribution in [0.4, 0.5) is 0 Å². The SMILES string of the molecule is CC(=O)OCC(C)=CCC=C(C)C. The number of carbonyl (C=O) groups is 1. The molecular weight excluding hydrogens is 164 g/mol. The van der Waals surface area contributed by atoms with Crippen molar-refractivity contribution in [2.45, 2.75) is 34.1 Å². The van der Waals surface area contributed by atoms with Crippen molar-refractivity contribution >= 4 is 5.97 Å². The van der Waals surface area contributed by atoms with Crippen LogP contribution in [0.2, 0.25) is 0 Å². The summed E-state index contributed by atoms with van der Waals surface area (Å²) in [5, 5.41) is 0. The van der Waals surface area contributed by atoms with Gasteiger partial charge in [-0.15, -0.1) is 0 Å². The van der Waals surface area contributed by atoms with Crippen molar-refractivity contribution < 1.29 is 9.53 Å². The Bertz CT molecular complexity index is 220. The molecule has 0 unspecified atom stereocenters. The Morgan fingerprint density at radius 1 is 1.15 bits per heavy atom. The second-order valence-electron chi connectivity index (χ2n) is 3.35. The maximum atomic E-state index is 10.5. The van der Waals surface area contributed by atoms with E-state index in [1.165, 1.54) is 12.5 Å². The molecule has 2 nitrogen and oxygen atoms in total. The normalized spacial score (nSPS) is 10.9. The van der Waals surface area contributed by atoms with E-state index in [0.29, 0.717) is 6.61 Å². The Labute approximate surface area is 80.3 Å². The van der Waals surface area contributed by atoms with Gasteiger partial charge in [0.15, 0.2) is 0 Å².